The predicted molar refractivity (Wildman–Crippen MR) is 156 cm³/mol. The molecular formula is C26H24F6N6O2S3. The first-order chi connectivity index (χ1) is 20.2. The van der Waals surface area contributed by atoms with Crippen molar-refractivity contribution < 1.29 is 35.9 Å². The standard InChI is InChI=1S/C26H24F6N6O2S3/c27-25(28,29)17-5-1-15(2-6-17)13-20(39)35-23(34)42-19(33)9-11-41-12-10-22-37-38-24(43-22)36-21(40)14-16-3-7-18(8-4-16)26(30,31)32/h1-8,33H,9-14H2,(H2,34,35,39)(H,36,38,40). The molecule has 8 nitrogen and oxygen atoms in total. The average molecular weight is 663 g/mol. The number of amides is 2. The number of nitrogens with one attached hydrogen (secondary N) is 2. The molecule has 17 heteroatoms. The molecule has 0 aliphatic heterocycles. The fourth-order valence-electron chi connectivity index (χ4n) is 3.34. The summed E-state index contributed by atoms with van der Waals surface area (Å²) in [7, 11) is 0. The molecule has 0 atom stereocenters. The van der Waals surface area contributed by atoms with E-state index in [0.717, 1.165) is 36.0 Å². The monoisotopic (exact) mass is 662 g/mol. The lowest BCUT2D eigenvalue weighted by Crippen LogP contribution is -2.14. The number of carbonyl (C=O) groups excluding carboxylic acids is 2. The maximum absolute atomic E-state index is 12.7. The lowest BCUT2D eigenvalue weighted by Gasteiger charge is -2.07. The zero-order chi connectivity index (χ0) is 31.6. The maximum Gasteiger partial charge on any atom is 0.416 e. The summed E-state index contributed by atoms with van der Waals surface area (Å²) in [5, 5.41) is 19.5. The first-order valence-electron chi connectivity index (χ1n) is 12.3. The smallest absolute Gasteiger partial charge is 0.378 e. The Hall–Kier alpha value is -3.44. The number of alkyl halides is 6. The number of hydrogen-bond donors (Lipinski definition) is 3. The van der Waals surface area contributed by atoms with Gasteiger partial charge in [0.05, 0.1) is 29.0 Å². The molecule has 2 aromatic carbocycles. The normalized spacial score (nSPS) is 12.3. The average Bonchev–Trinajstić information content (AvgIpc) is 3.34. The topological polar surface area (TPSA) is 134 Å². The van der Waals surface area contributed by atoms with Crippen molar-refractivity contribution >= 4 is 62.0 Å². The molecule has 0 radical (unpaired) electrons. The fourth-order valence-corrected chi connectivity index (χ4v) is 5.85. The molecule has 3 rings (SSSR count). The van der Waals surface area contributed by atoms with Crippen LogP contribution in [-0.4, -0.2) is 43.7 Å². The zero-order valence-corrected chi connectivity index (χ0v) is 24.5. The largest absolute Gasteiger partial charge is 0.416 e. The molecule has 0 saturated carbocycles. The number of nitrogens with zero attached hydrogens (tertiary/aromatic N) is 3. The van der Waals surface area contributed by atoms with E-state index in [0.29, 0.717) is 40.5 Å². The molecule has 0 spiro atoms. The van der Waals surface area contributed by atoms with Crippen molar-refractivity contribution in [2.24, 2.45) is 10.7 Å². The molecule has 0 aliphatic carbocycles. The number of amidine groups is 1. The third-order valence-corrected chi connectivity index (χ3v) is 8.03. The minimum absolute atomic E-state index is 0.116. The van der Waals surface area contributed by atoms with E-state index in [4.69, 9.17) is 11.1 Å². The van der Waals surface area contributed by atoms with Crippen LogP contribution in [0.4, 0.5) is 31.5 Å². The van der Waals surface area contributed by atoms with Gasteiger partial charge >= 0.3 is 12.4 Å². The third kappa shape index (κ3) is 12.0. The Bertz CT molecular complexity index is 1440. The minimum atomic E-state index is -4.47. The van der Waals surface area contributed by atoms with Crippen LogP contribution < -0.4 is 11.1 Å². The molecule has 2 amide bonds. The molecule has 4 N–H and O–H groups in total. The number of aryl methyl sites for hydroxylation is 1. The number of anilines is 1. The quantitative estimate of drug-likeness (QED) is 0.0961. The van der Waals surface area contributed by atoms with Gasteiger partial charge in [-0.25, -0.2) is 0 Å². The zero-order valence-electron chi connectivity index (χ0n) is 22.1. The van der Waals surface area contributed by atoms with Crippen LogP contribution in [0.1, 0.15) is 33.7 Å². The fraction of sp³-hybridized carbons (Fsp3) is 0.308. The van der Waals surface area contributed by atoms with Gasteiger partial charge in [0, 0.05) is 12.8 Å². The molecule has 0 saturated heterocycles. The highest BCUT2D eigenvalue weighted by molar-refractivity contribution is 8.26. The van der Waals surface area contributed by atoms with Crippen LogP contribution in [0, 0.1) is 5.41 Å². The van der Waals surface area contributed by atoms with Gasteiger partial charge in [-0.1, -0.05) is 35.6 Å². The lowest BCUT2D eigenvalue weighted by atomic mass is 10.1. The number of thioether (sulfide) groups is 2. The maximum atomic E-state index is 12.7. The second kappa shape index (κ2) is 15.3. The molecule has 230 valence electrons. The highest BCUT2D eigenvalue weighted by Gasteiger charge is 2.30. The van der Waals surface area contributed by atoms with Gasteiger partial charge in [0.2, 0.25) is 11.0 Å². The van der Waals surface area contributed by atoms with Gasteiger partial charge in [-0.15, -0.1) is 10.2 Å². The summed E-state index contributed by atoms with van der Waals surface area (Å²) >= 11 is 3.55. The summed E-state index contributed by atoms with van der Waals surface area (Å²) in [6, 6.07) is 8.50. The Labute approximate surface area is 254 Å². The van der Waals surface area contributed by atoms with Crippen molar-refractivity contribution in [2.45, 2.75) is 38.0 Å². The molecule has 0 aliphatic rings. The second-order valence-corrected chi connectivity index (χ2v) is 12.2. The Kier molecular flexibility index (Phi) is 12.1. The van der Waals surface area contributed by atoms with E-state index in [1.54, 1.807) is 0 Å². The summed E-state index contributed by atoms with van der Waals surface area (Å²) in [4.78, 5) is 28.0. The van der Waals surface area contributed by atoms with E-state index >= 15 is 0 Å². The van der Waals surface area contributed by atoms with Crippen molar-refractivity contribution in [3.8, 4) is 0 Å². The Balaban J connectivity index is 1.31. The van der Waals surface area contributed by atoms with Gasteiger partial charge in [0.1, 0.15) is 5.01 Å². The number of rotatable bonds is 11. The molecule has 0 fully saturated rings. The lowest BCUT2D eigenvalue weighted by molar-refractivity contribution is -0.138. The number of nitrogens with two attached hydrogens (primary N) is 1. The van der Waals surface area contributed by atoms with Gasteiger partial charge < -0.3 is 11.1 Å². The second-order valence-electron chi connectivity index (χ2n) is 8.77. The molecule has 1 aromatic heterocycles. The summed E-state index contributed by atoms with van der Waals surface area (Å²) in [5.41, 5.74) is 4.90. The van der Waals surface area contributed by atoms with Crippen LogP contribution in [0.3, 0.4) is 0 Å². The SMILES string of the molecule is N=C(CCSCCc1nnc(NC(=O)Cc2ccc(C(F)(F)F)cc2)s1)SC(N)=NC(=O)Cc1ccc(C(F)(F)F)cc1. The predicted octanol–water partition coefficient (Wildman–Crippen LogP) is 6.22. The molecule has 0 unspecified atom stereocenters. The number of carbonyl (C=O) groups is 2. The first kappa shape index (κ1) is 34.1. The van der Waals surface area contributed by atoms with Crippen molar-refractivity contribution in [1.82, 2.24) is 10.2 Å². The van der Waals surface area contributed by atoms with E-state index in [1.807, 2.05) is 0 Å². The number of hydrogen-bond acceptors (Lipinski definition) is 8. The molecular weight excluding hydrogens is 639 g/mol. The molecule has 43 heavy (non-hydrogen) atoms. The van der Waals surface area contributed by atoms with E-state index in [9.17, 15) is 35.9 Å². The van der Waals surface area contributed by atoms with Crippen molar-refractivity contribution in [1.29, 1.82) is 5.41 Å². The van der Waals surface area contributed by atoms with Gasteiger partial charge in [-0.2, -0.15) is 43.1 Å². The van der Waals surface area contributed by atoms with Crippen molar-refractivity contribution in [3.05, 3.63) is 75.8 Å². The Morgan fingerprint density at radius 2 is 1.44 bits per heavy atom. The van der Waals surface area contributed by atoms with E-state index in [1.165, 1.54) is 47.4 Å². The van der Waals surface area contributed by atoms with E-state index in [-0.39, 0.29) is 28.2 Å². The molecule has 0 bridgehead atoms. The Morgan fingerprint density at radius 3 is 2.00 bits per heavy atom. The summed E-state index contributed by atoms with van der Waals surface area (Å²) in [6.07, 6.45) is -8.33. The van der Waals surface area contributed by atoms with Gasteiger partial charge in [0.25, 0.3) is 5.91 Å². The van der Waals surface area contributed by atoms with Crippen LogP contribution in [0.15, 0.2) is 53.5 Å². The van der Waals surface area contributed by atoms with E-state index < -0.39 is 35.3 Å². The third-order valence-electron chi connectivity index (χ3n) is 5.39. The molecule has 1 heterocycles. The van der Waals surface area contributed by atoms with Gasteiger partial charge in [-0.3, -0.25) is 15.0 Å². The van der Waals surface area contributed by atoms with E-state index in [2.05, 4.69) is 20.5 Å². The number of halogens is 6. The van der Waals surface area contributed by atoms with Crippen LogP contribution in [-0.2, 0) is 41.2 Å². The van der Waals surface area contributed by atoms with Gasteiger partial charge in [-0.05, 0) is 58.7 Å². The first-order valence-corrected chi connectivity index (χ1v) is 15.1. The number of aromatic nitrogens is 2. The number of benzene rings is 2. The highest BCUT2D eigenvalue weighted by atomic mass is 32.2. The van der Waals surface area contributed by atoms with Crippen LogP contribution in [0.25, 0.3) is 0 Å². The van der Waals surface area contributed by atoms with Crippen LogP contribution in [0.5, 0.6) is 0 Å². The van der Waals surface area contributed by atoms with Crippen LogP contribution in [0.2, 0.25) is 0 Å². The van der Waals surface area contributed by atoms with Crippen molar-refractivity contribution in [3.63, 3.8) is 0 Å². The summed E-state index contributed by atoms with van der Waals surface area (Å²) in [6.45, 7) is 0. The Morgan fingerprint density at radius 1 is 0.884 bits per heavy atom. The van der Waals surface area contributed by atoms with Crippen LogP contribution >= 0.6 is 34.9 Å². The summed E-state index contributed by atoms with van der Waals surface area (Å²) in [5.74, 6) is 0.158. The number of aliphatic imine (C=N–C) groups is 1. The van der Waals surface area contributed by atoms with Gasteiger partial charge in [0.15, 0.2) is 5.17 Å². The molecule has 3 aromatic rings. The summed E-state index contributed by atoms with van der Waals surface area (Å²) < 4.78 is 75.9. The highest BCUT2D eigenvalue weighted by Crippen LogP contribution is 2.30. The minimum Gasteiger partial charge on any atom is -0.378 e. The van der Waals surface area contributed by atoms with Crippen molar-refractivity contribution in [2.75, 3.05) is 16.8 Å².